The van der Waals surface area contributed by atoms with Crippen LogP contribution in [0.5, 0.6) is 5.75 Å². The first-order valence-electron chi connectivity index (χ1n) is 4.24. The normalized spacial score (nSPS) is 11.5. The number of halogens is 1. The zero-order valence-corrected chi connectivity index (χ0v) is 10.9. The lowest BCUT2D eigenvalue weighted by molar-refractivity contribution is 0.412. The van der Waals surface area contributed by atoms with Gasteiger partial charge in [-0.25, -0.2) is 0 Å². The fraction of sp³-hybridized carbons (Fsp3) is 0.400. The second-order valence-electron chi connectivity index (χ2n) is 3.50. The van der Waals surface area contributed by atoms with Gasteiger partial charge in [-0.1, -0.05) is 0 Å². The summed E-state index contributed by atoms with van der Waals surface area (Å²) in [7, 11) is 1.65. The van der Waals surface area contributed by atoms with Gasteiger partial charge >= 0.3 is 0 Å². The Kier molecular flexibility index (Phi) is 3.86. The topological polar surface area (TPSA) is 35.2 Å². The van der Waals surface area contributed by atoms with Gasteiger partial charge in [0.05, 0.1) is 16.5 Å². The lowest BCUT2D eigenvalue weighted by Crippen LogP contribution is -2.26. The third kappa shape index (κ3) is 3.52. The first kappa shape index (κ1) is 11.9. The number of rotatable bonds is 3. The van der Waals surface area contributed by atoms with Crippen molar-refractivity contribution >= 4 is 27.7 Å². The van der Waals surface area contributed by atoms with Crippen molar-refractivity contribution in [3.05, 3.63) is 22.7 Å². The SMILES string of the molecule is COc1ccc(SC(C)(C)N)cc1Br. The minimum absolute atomic E-state index is 0.256. The summed E-state index contributed by atoms with van der Waals surface area (Å²) < 4.78 is 6.10. The first-order valence-corrected chi connectivity index (χ1v) is 5.85. The Morgan fingerprint density at radius 2 is 2.07 bits per heavy atom. The van der Waals surface area contributed by atoms with Crippen LogP contribution < -0.4 is 10.5 Å². The van der Waals surface area contributed by atoms with Crippen molar-refractivity contribution in [1.29, 1.82) is 0 Å². The molecule has 0 fully saturated rings. The van der Waals surface area contributed by atoms with Gasteiger partial charge in [0.1, 0.15) is 5.75 Å². The smallest absolute Gasteiger partial charge is 0.133 e. The summed E-state index contributed by atoms with van der Waals surface area (Å²) in [5.74, 6) is 0.837. The monoisotopic (exact) mass is 275 g/mol. The second-order valence-corrected chi connectivity index (χ2v) is 6.08. The first-order chi connectivity index (χ1) is 6.42. The van der Waals surface area contributed by atoms with Crippen molar-refractivity contribution in [2.45, 2.75) is 23.6 Å². The van der Waals surface area contributed by atoms with E-state index in [0.717, 1.165) is 15.1 Å². The lowest BCUT2D eigenvalue weighted by atomic mass is 10.3. The number of thioether (sulfide) groups is 1. The molecule has 0 amide bonds. The summed E-state index contributed by atoms with van der Waals surface area (Å²) in [5.41, 5.74) is 5.90. The second kappa shape index (κ2) is 4.55. The molecule has 0 unspecified atom stereocenters. The Bertz CT molecular complexity index is 322. The minimum Gasteiger partial charge on any atom is -0.496 e. The summed E-state index contributed by atoms with van der Waals surface area (Å²) in [6.45, 7) is 3.96. The molecule has 0 aromatic heterocycles. The van der Waals surface area contributed by atoms with Gasteiger partial charge in [0.15, 0.2) is 0 Å². The fourth-order valence-electron chi connectivity index (χ4n) is 1.01. The molecule has 1 aromatic rings. The quantitative estimate of drug-likeness (QED) is 0.680. The van der Waals surface area contributed by atoms with Crippen LogP contribution in [0.4, 0.5) is 0 Å². The maximum Gasteiger partial charge on any atom is 0.133 e. The molecule has 0 heterocycles. The number of nitrogens with two attached hydrogens (primary N) is 1. The number of ether oxygens (including phenoxy) is 1. The zero-order valence-electron chi connectivity index (χ0n) is 8.50. The largest absolute Gasteiger partial charge is 0.496 e. The van der Waals surface area contributed by atoms with Gasteiger partial charge in [-0.05, 0) is 48.0 Å². The molecule has 0 aliphatic rings. The zero-order chi connectivity index (χ0) is 10.8. The number of methoxy groups -OCH3 is 1. The highest BCUT2D eigenvalue weighted by Crippen LogP contribution is 2.33. The highest BCUT2D eigenvalue weighted by atomic mass is 79.9. The van der Waals surface area contributed by atoms with Crippen molar-refractivity contribution in [3.63, 3.8) is 0 Å². The number of hydrogen-bond acceptors (Lipinski definition) is 3. The lowest BCUT2D eigenvalue weighted by Gasteiger charge is -2.18. The molecule has 1 aromatic carbocycles. The molecule has 14 heavy (non-hydrogen) atoms. The Morgan fingerprint density at radius 1 is 1.43 bits per heavy atom. The molecule has 2 N–H and O–H groups in total. The van der Waals surface area contributed by atoms with E-state index in [1.165, 1.54) is 0 Å². The molecule has 2 nitrogen and oxygen atoms in total. The standard InChI is InChI=1S/C10H14BrNOS/c1-10(2,12)14-7-4-5-9(13-3)8(11)6-7/h4-6H,12H2,1-3H3. The van der Waals surface area contributed by atoms with Crippen LogP contribution in [-0.2, 0) is 0 Å². The van der Waals surface area contributed by atoms with Crippen molar-refractivity contribution in [1.82, 2.24) is 0 Å². The van der Waals surface area contributed by atoms with Crippen molar-refractivity contribution in [3.8, 4) is 5.75 Å². The van der Waals surface area contributed by atoms with E-state index in [-0.39, 0.29) is 4.87 Å². The minimum atomic E-state index is -0.256. The van der Waals surface area contributed by atoms with E-state index in [1.807, 2.05) is 32.0 Å². The fourth-order valence-corrected chi connectivity index (χ4v) is 2.63. The maximum atomic E-state index is 5.90. The van der Waals surface area contributed by atoms with Crippen molar-refractivity contribution in [2.24, 2.45) is 5.73 Å². The predicted octanol–water partition coefficient (Wildman–Crippen LogP) is 3.24. The predicted molar refractivity (Wildman–Crippen MR) is 64.8 cm³/mol. The average Bonchev–Trinajstić information content (AvgIpc) is 2.01. The van der Waals surface area contributed by atoms with Gasteiger partial charge in [-0.3, -0.25) is 0 Å². The molecule has 0 spiro atoms. The van der Waals surface area contributed by atoms with Gasteiger partial charge in [0, 0.05) is 4.90 Å². The van der Waals surface area contributed by atoms with E-state index in [2.05, 4.69) is 15.9 Å². The van der Waals surface area contributed by atoms with E-state index < -0.39 is 0 Å². The maximum absolute atomic E-state index is 5.90. The summed E-state index contributed by atoms with van der Waals surface area (Å²) >= 11 is 5.06. The number of benzene rings is 1. The van der Waals surface area contributed by atoms with Gasteiger partial charge in [-0.2, -0.15) is 0 Å². The Balaban J connectivity index is 2.87. The van der Waals surface area contributed by atoms with Gasteiger partial charge < -0.3 is 10.5 Å². The van der Waals surface area contributed by atoms with E-state index >= 15 is 0 Å². The third-order valence-corrected chi connectivity index (χ3v) is 3.14. The van der Waals surface area contributed by atoms with Crippen LogP contribution in [-0.4, -0.2) is 12.0 Å². The highest BCUT2D eigenvalue weighted by molar-refractivity contribution is 9.10. The van der Waals surface area contributed by atoms with Crippen molar-refractivity contribution < 1.29 is 4.74 Å². The van der Waals surface area contributed by atoms with Crippen LogP contribution in [0, 0.1) is 0 Å². The number of hydrogen-bond donors (Lipinski definition) is 1. The highest BCUT2D eigenvalue weighted by Gasteiger charge is 2.13. The van der Waals surface area contributed by atoms with Gasteiger partial charge in [0.2, 0.25) is 0 Å². The molecule has 0 aliphatic heterocycles. The Labute approximate surface area is 97.3 Å². The van der Waals surface area contributed by atoms with E-state index in [1.54, 1.807) is 18.9 Å². The summed E-state index contributed by atoms with van der Waals surface area (Å²) in [6, 6.07) is 5.94. The van der Waals surface area contributed by atoms with Crippen LogP contribution in [0.15, 0.2) is 27.6 Å². The molecule has 0 atom stereocenters. The Morgan fingerprint density at radius 3 is 2.50 bits per heavy atom. The summed E-state index contributed by atoms with van der Waals surface area (Å²) in [4.78, 5) is 0.874. The molecule has 1 rings (SSSR count). The van der Waals surface area contributed by atoms with Crippen LogP contribution >= 0.6 is 27.7 Å². The molecule has 0 saturated heterocycles. The van der Waals surface area contributed by atoms with E-state index in [9.17, 15) is 0 Å². The van der Waals surface area contributed by atoms with E-state index in [0.29, 0.717) is 0 Å². The van der Waals surface area contributed by atoms with Gasteiger partial charge in [-0.15, -0.1) is 11.8 Å². The summed E-state index contributed by atoms with van der Waals surface area (Å²) in [5, 5.41) is 0. The van der Waals surface area contributed by atoms with Gasteiger partial charge in [0.25, 0.3) is 0 Å². The molecule has 0 saturated carbocycles. The van der Waals surface area contributed by atoms with Crippen molar-refractivity contribution in [2.75, 3.05) is 7.11 Å². The van der Waals surface area contributed by atoms with E-state index in [4.69, 9.17) is 10.5 Å². The Hall–Kier alpha value is -0.190. The molecular formula is C10H14BrNOS. The average molecular weight is 276 g/mol. The molecule has 4 heteroatoms. The molecule has 0 bridgehead atoms. The molecule has 0 aliphatic carbocycles. The molecular weight excluding hydrogens is 262 g/mol. The van der Waals surface area contributed by atoms with Crippen LogP contribution in [0.3, 0.4) is 0 Å². The molecule has 78 valence electrons. The molecule has 0 radical (unpaired) electrons. The van der Waals surface area contributed by atoms with Crippen LogP contribution in [0.25, 0.3) is 0 Å². The summed E-state index contributed by atoms with van der Waals surface area (Å²) in [6.07, 6.45) is 0. The third-order valence-electron chi connectivity index (χ3n) is 1.50. The van der Waals surface area contributed by atoms with Crippen LogP contribution in [0.1, 0.15) is 13.8 Å². The van der Waals surface area contributed by atoms with Crippen LogP contribution in [0.2, 0.25) is 0 Å².